The quantitative estimate of drug-likeness (QED) is 0.543. The number of ether oxygens (including phenoxy) is 1. The molecule has 0 spiro atoms. The van der Waals surface area contributed by atoms with E-state index >= 15 is 0 Å². The lowest BCUT2D eigenvalue weighted by atomic mass is 9.96. The number of aryl methyl sites for hydroxylation is 4. The van der Waals surface area contributed by atoms with Crippen LogP contribution in [-0.2, 0) is 11.8 Å². The molecule has 2 heterocycles. The Morgan fingerprint density at radius 1 is 0.929 bits per heavy atom. The molecule has 0 aliphatic heterocycles. The van der Waals surface area contributed by atoms with E-state index < -0.39 is 0 Å². The first-order valence-corrected chi connectivity index (χ1v) is 9.62. The Bertz CT molecular complexity index is 914. The number of hydrogen-bond donors (Lipinski definition) is 0. The molecule has 0 aliphatic rings. The minimum absolute atomic E-state index is 0.0910. The molecule has 0 amide bonds. The fraction of sp³-hybridized carbons (Fsp3) is 0.524. The maximum atomic E-state index is 6.03. The van der Waals surface area contributed by atoms with Crippen molar-refractivity contribution in [3.8, 4) is 17.1 Å². The van der Waals surface area contributed by atoms with Gasteiger partial charge in [0.2, 0.25) is 17.6 Å². The first-order chi connectivity index (χ1) is 13.2. The number of hydrogen-bond acceptors (Lipinski definition) is 7. The second-order valence-electron chi connectivity index (χ2n) is 8.14. The maximum Gasteiger partial charge on any atom is 0.226 e. The minimum atomic E-state index is -0.0910. The highest BCUT2D eigenvalue weighted by molar-refractivity contribution is 5.60. The van der Waals surface area contributed by atoms with Gasteiger partial charge < -0.3 is 13.8 Å². The van der Waals surface area contributed by atoms with Crippen LogP contribution in [0.3, 0.4) is 0 Å². The fourth-order valence-corrected chi connectivity index (χ4v) is 2.94. The van der Waals surface area contributed by atoms with Crippen LogP contribution in [0.15, 0.2) is 21.2 Å². The van der Waals surface area contributed by atoms with Crippen LogP contribution in [0, 0.1) is 20.8 Å². The predicted octanol–water partition coefficient (Wildman–Crippen LogP) is 4.74. The molecular weight excluding hydrogens is 356 g/mol. The molecule has 3 rings (SSSR count). The Morgan fingerprint density at radius 3 is 2.21 bits per heavy atom. The zero-order valence-corrected chi connectivity index (χ0v) is 17.5. The third kappa shape index (κ3) is 4.77. The molecular formula is C21H28N4O3. The molecule has 0 bridgehead atoms. The standard InChI is InChI=1S/C21H28N4O3/c1-13-11-16(19-22-15(3)27-24-19)12-14(2)18(13)26-10-8-7-9-17-23-20(25-28-17)21(4,5)6/h11-12H,7-10H2,1-6H3. The second-order valence-corrected chi connectivity index (χ2v) is 8.14. The van der Waals surface area contributed by atoms with Gasteiger partial charge in [-0.3, -0.25) is 0 Å². The topological polar surface area (TPSA) is 87.1 Å². The maximum absolute atomic E-state index is 6.03. The van der Waals surface area contributed by atoms with Gasteiger partial charge in [-0.1, -0.05) is 31.1 Å². The average Bonchev–Trinajstić information content (AvgIpc) is 3.25. The van der Waals surface area contributed by atoms with E-state index in [1.807, 2.05) is 26.0 Å². The summed E-state index contributed by atoms with van der Waals surface area (Å²) in [6, 6.07) is 4.05. The van der Waals surface area contributed by atoms with Crippen molar-refractivity contribution >= 4 is 0 Å². The van der Waals surface area contributed by atoms with Gasteiger partial charge in [0.1, 0.15) is 5.75 Å². The molecule has 0 atom stereocenters. The SMILES string of the molecule is Cc1nc(-c2cc(C)c(OCCCCc3nc(C(C)(C)C)no3)c(C)c2)no1. The van der Waals surface area contributed by atoms with Crippen molar-refractivity contribution in [3.05, 3.63) is 40.9 Å². The largest absolute Gasteiger partial charge is 0.493 e. The highest BCUT2D eigenvalue weighted by atomic mass is 16.5. The number of unbranched alkanes of at least 4 members (excludes halogenated alkanes) is 1. The van der Waals surface area contributed by atoms with Crippen LogP contribution in [0.4, 0.5) is 0 Å². The first kappa shape index (κ1) is 20.0. The van der Waals surface area contributed by atoms with Gasteiger partial charge in [-0.2, -0.15) is 9.97 Å². The molecule has 28 heavy (non-hydrogen) atoms. The van der Waals surface area contributed by atoms with Gasteiger partial charge in [0.25, 0.3) is 0 Å². The molecule has 0 N–H and O–H groups in total. The van der Waals surface area contributed by atoms with Crippen LogP contribution >= 0.6 is 0 Å². The van der Waals surface area contributed by atoms with Crippen LogP contribution in [-0.4, -0.2) is 26.9 Å². The summed E-state index contributed by atoms with van der Waals surface area (Å²) in [5, 5.41) is 8.04. The van der Waals surface area contributed by atoms with Gasteiger partial charge in [-0.15, -0.1) is 0 Å². The van der Waals surface area contributed by atoms with E-state index in [2.05, 4.69) is 41.1 Å². The van der Waals surface area contributed by atoms with Gasteiger partial charge in [0.05, 0.1) is 6.61 Å². The molecule has 0 unspecified atom stereocenters. The lowest BCUT2D eigenvalue weighted by molar-refractivity contribution is 0.298. The van der Waals surface area contributed by atoms with E-state index in [0.717, 1.165) is 47.5 Å². The average molecular weight is 384 g/mol. The second kappa shape index (κ2) is 8.12. The summed E-state index contributed by atoms with van der Waals surface area (Å²) in [6.45, 7) is 12.7. The molecule has 0 saturated carbocycles. The number of rotatable bonds is 7. The summed E-state index contributed by atoms with van der Waals surface area (Å²) < 4.78 is 16.4. The highest BCUT2D eigenvalue weighted by Gasteiger charge is 2.20. The van der Waals surface area contributed by atoms with E-state index in [9.17, 15) is 0 Å². The van der Waals surface area contributed by atoms with Crippen LogP contribution in [0.5, 0.6) is 5.75 Å². The summed E-state index contributed by atoms with van der Waals surface area (Å²) in [5.74, 6) is 3.52. The lowest BCUT2D eigenvalue weighted by Gasteiger charge is -2.13. The van der Waals surface area contributed by atoms with Crippen molar-refractivity contribution < 1.29 is 13.8 Å². The monoisotopic (exact) mass is 384 g/mol. The highest BCUT2D eigenvalue weighted by Crippen LogP contribution is 2.29. The molecule has 7 heteroatoms. The molecule has 0 saturated heterocycles. The summed E-state index contributed by atoms with van der Waals surface area (Å²) >= 11 is 0. The van der Waals surface area contributed by atoms with E-state index in [-0.39, 0.29) is 5.41 Å². The zero-order valence-electron chi connectivity index (χ0n) is 17.5. The summed E-state index contributed by atoms with van der Waals surface area (Å²) in [5.41, 5.74) is 2.96. The third-order valence-electron chi connectivity index (χ3n) is 4.42. The van der Waals surface area contributed by atoms with Crippen LogP contribution in [0.2, 0.25) is 0 Å². The van der Waals surface area contributed by atoms with Crippen LogP contribution < -0.4 is 4.74 Å². The van der Waals surface area contributed by atoms with Crippen molar-refractivity contribution in [3.63, 3.8) is 0 Å². The third-order valence-corrected chi connectivity index (χ3v) is 4.42. The molecule has 0 radical (unpaired) electrons. The van der Waals surface area contributed by atoms with Gasteiger partial charge in [-0.25, -0.2) is 0 Å². The molecule has 0 fully saturated rings. The Morgan fingerprint density at radius 2 is 1.64 bits per heavy atom. The summed E-state index contributed by atoms with van der Waals surface area (Å²) in [4.78, 5) is 8.75. The Hall–Kier alpha value is -2.70. The molecule has 2 aromatic heterocycles. The summed E-state index contributed by atoms with van der Waals surface area (Å²) in [7, 11) is 0. The smallest absolute Gasteiger partial charge is 0.226 e. The number of benzene rings is 1. The molecule has 0 aliphatic carbocycles. The van der Waals surface area contributed by atoms with Gasteiger partial charge in [0.15, 0.2) is 5.82 Å². The number of aromatic nitrogens is 4. The Labute approximate surface area is 165 Å². The van der Waals surface area contributed by atoms with Crippen molar-refractivity contribution in [1.29, 1.82) is 0 Å². The van der Waals surface area contributed by atoms with Gasteiger partial charge in [0, 0.05) is 24.3 Å². The van der Waals surface area contributed by atoms with Crippen molar-refractivity contribution in [2.24, 2.45) is 0 Å². The molecule has 3 aromatic rings. The molecule has 150 valence electrons. The van der Waals surface area contributed by atoms with Crippen molar-refractivity contribution in [2.45, 2.75) is 66.2 Å². The van der Waals surface area contributed by atoms with Crippen LogP contribution in [0.1, 0.15) is 62.3 Å². The van der Waals surface area contributed by atoms with Crippen molar-refractivity contribution in [2.75, 3.05) is 6.61 Å². The molecule has 1 aromatic carbocycles. The van der Waals surface area contributed by atoms with E-state index in [1.165, 1.54) is 0 Å². The van der Waals surface area contributed by atoms with E-state index in [4.69, 9.17) is 13.8 Å². The molecule has 7 nitrogen and oxygen atoms in total. The van der Waals surface area contributed by atoms with E-state index in [0.29, 0.717) is 24.2 Å². The lowest BCUT2D eigenvalue weighted by Crippen LogP contribution is -2.13. The zero-order chi connectivity index (χ0) is 20.3. The normalized spacial score (nSPS) is 11.8. The van der Waals surface area contributed by atoms with Gasteiger partial charge in [-0.05, 0) is 49.9 Å². The first-order valence-electron chi connectivity index (χ1n) is 9.62. The Kier molecular flexibility index (Phi) is 5.82. The predicted molar refractivity (Wildman–Crippen MR) is 105 cm³/mol. The van der Waals surface area contributed by atoms with Crippen molar-refractivity contribution in [1.82, 2.24) is 20.3 Å². The van der Waals surface area contributed by atoms with Crippen LogP contribution in [0.25, 0.3) is 11.4 Å². The minimum Gasteiger partial charge on any atom is -0.493 e. The Balaban J connectivity index is 1.51. The fourth-order valence-electron chi connectivity index (χ4n) is 2.94. The summed E-state index contributed by atoms with van der Waals surface area (Å²) in [6.07, 6.45) is 2.61. The number of nitrogens with zero attached hydrogens (tertiary/aromatic N) is 4. The van der Waals surface area contributed by atoms with Gasteiger partial charge >= 0.3 is 0 Å². The van der Waals surface area contributed by atoms with E-state index in [1.54, 1.807) is 6.92 Å².